The first-order valence-corrected chi connectivity index (χ1v) is 6.54. The summed E-state index contributed by atoms with van der Waals surface area (Å²) in [7, 11) is 1.22. The van der Waals surface area contributed by atoms with Crippen LogP contribution in [-0.2, 0) is 0 Å². The van der Waals surface area contributed by atoms with Crippen molar-refractivity contribution < 1.29 is 23.1 Å². The van der Waals surface area contributed by atoms with Crippen molar-refractivity contribution in [3.8, 4) is 0 Å². The summed E-state index contributed by atoms with van der Waals surface area (Å²) in [5.74, 6) is -5.78. The largest absolute Gasteiger partial charge is 0.477 e. The van der Waals surface area contributed by atoms with Gasteiger partial charge in [0.2, 0.25) is 5.43 Å². The lowest BCUT2D eigenvalue weighted by molar-refractivity contribution is 0.0695. The molecule has 5 nitrogen and oxygen atoms in total. The predicted octanol–water partition coefficient (Wildman–Crippen LogP) is 2.49. The minimum absolute atomic E-state index is 0.231. The van der Waals surface area contributed by atoms with Gasteiger partial charge >= 0.3 is 5.97 Å². The van der Waals surface area contributed by atoms with Crippen molar-refractivity contribution in [2.24, 2.45) is 0 Å². The van der Waals surface area contributed by atoms with E-state index in [1.807, 2.05) is 0 Å². The highest BCUT2D eigenvalue weighted by Crippen LogP contribution is 2.39. The van der Waals surface area contributed by atoms with Crippen LogP contribution in [0.2, 0.25) is 0 Å². The number of carboxylic acid groups (broad SMARTS) is 1. The number of benzene rings is 1. The van der Waals surface area contributed by atoms with Crippen LogP contribution in [0.25, 0.3) is 10.9 Å². The lowest BCUT2D eigenvalue weighted by atomic mass is 10.1. The van der Waals surface area contributed by atoms with Gasteiger partial charge in [-0.3, -0.25) is 4.79 Å². The molecular formula is C14H11F3N2O3. The van der Waals surface area contributed by atoms with E-state index >= 15 is 0 Å². The van der Waals surface area contributed by atoms with Crippen LogP contribution in [0.1, 0.15) is 29.2 Å². The van der Waals surface area contributed by atoms with Crippen LogP contribution in [0, 0.1) is 17.5 Å². The van der Waals surface area contributed by atoms with Crippen LogP contribution in [0.5, 0.6) is 0 Å². The zero-order valence-electron chi connectivity index (χ0n) is 11.4. The molecule has 1 saturated carbocycles. The maximum atomic E-state index is 14.5. The molecule has 0 bridgehead atoms. The second kappa shape index (κ2) is 4.75. The molecule has 22 heavy (non-hydrogen) atoms. The standard InChI is InChI=1S/C14H11F3N2O3/c1-18-11-9(16)8(15)7-12(10(11)17)19(5-2-3-5)4-6(13(7)20)14(21)22/h4-5,18H,2-3H2,1H3,(H,21,22). The van der Waals surface area contributed by atoms with Gasteiger partial charge in [-0.25, -0.2) is 18.0 Å². The van der Waals surface area contributed by atoms with E-state index in [4.69, 9.17) is 5.11 Å². The van der Waals surface area contributed by atoms with Gasteiger partial charge < -0.3 is 15.0 Å². The number of halogens is 3. The molecule has 1 aromatic heterocycles. The van der Waals surface area contributed by atoms with E-state index in [1.165, 1.54) is 11.6 Å². The zero-order chi connectivity index (χ0) is 16.2. The van der Waals surface area contributed by atoms with Crippen molar-refractivity contribution >= 4 is 22.6 Å². The van der Waals surface area contributed by atoms with Crippen LogP contribution in [0.4, 0.5) is 18.9 Å². The molecule has 0 unspecified atom stereocenters. The van der Waals surface area contributed by atoms with Gasteiger partial charge in [0.05, 0.1) is 10.9 Å². The van der Waals surface area contributed by atoms with Crippen molar-refractivity contribution in [2.75, 3.05) is 12.4 Å². The normalized spacial score (nSPS) is 14.4. The predicted molar refractivity (Wildman–Crippen MR) is 72.9 cm³/mol. The van der Waals surface area contributed by atoms with E-state index in [0.717, 1.165) is 6.20 Å². The Morgan fingerprint density at radius 3 is 2.41 bits per heavy atom. The fourth-order valence-electron chi connectivity index (χ4n) is 2.51. The second-order valence-corrected chi connectivity index (χ2v) is 5.11. The lowest BCUT2D eigenvalue weighted by Crippen LogP contribution is -2.21. The average molecular weight is 312 g/mol. The number of hydrogen-bond donors (Lipinski definition) is 2. The highest BCUT2D eigenvalue weighted by atomic mass is 19.2. The molecule has 1 aliphatic carbocycles. The third-order valence-electron chi connectivity index (χ3n) is 3.71. The van der Waals surface area contributed by atoms with Crippen LogP contribution < -0.4 is 10.7 Å². The van der Waals surface area contributed by atoms with Crippen molar-refractivity contribution in [3.63, 3.8) is 0 Å². The first kappa shape index (κ1) is 14.4. The number of anilines is 1. The summed E-state index contributed by atoms with van der Waals surface area (Å²) in [6.45, 7) is 0. The molecule has 8 heteroatoms. The Hall–Kier alpha value is -2.51. The van der Waals surface area contributed by atoms with E-state index < -0.39 is 51.0 Å². The van der Waals surface area contributed by atoms with Crippen LogP contribution >= 0.6 is 0 Å². The molecule has 2 aromatic rings. The molecule has 1 aromatic carbocycles. The number of aromatic nitrogens is 1. The maximum Gasteiger partial charge on any atom is 0.341 e. The van der Waals surface area contributed by atoms with E-state index in [2.05, 4.69) is 5.32 Å². The van der Waals surface area contributed by atoms with Crippen molar-refractivity contribution in [1.29, 1.82) is 0 Å². The number of rotatable bonds is 3. The average Bonchev–Trinajstić information content (AvgIpc) is 3.29. The number of nitrogens with zero attached hydrogens (tertiary/aromatic N) is 1. The lowest BCUT2D eigenvalue weighted by Gasteiger charge is -2.15. The van der Waals surface area contributed by atoms with Gasteiger partial charge in [0.15, 0.2) is 17.5 Å². The van der Waals surface area contributed by atoms with Gasteiger partial charge in [-0.2, -0.15) is 0 Å². The van der Waals surface area contributed by atoms with E-state index in [9.17, 15) is 22.8 Å². The van der Waals surface area contributed by atoms with Crippen LogP contribution in [-0.4, -0.2) is 22.7 Å². The highest BCUT2D eigenvalue weighted by Gasteiger charge is 2.32. The van der Waals surface area contributed by atoms with Crippen molar-refractivity contribution in [3.05, 3.63) is 39.4 Å². The maximum absolute atomic E-state index is 14.5. The summed E-state index contributed by atoms with van der Waals surface area (Å²) in [6, 6.07) is -0.231. The van der Waals surface area contributed by atoms with E-state index in [-0.39, 0.29) is 6.04 Å². The molecule has 0 aliphatic heterocycles. The minimum Gasteiger partial charge on any atom is -0.477 e. The Kier molecular flexibility index (Phi) is 3.12. The van der Waals surface area contributed by atoms with Crippen molar-refractivity contribution in [1.82, 2.24) is 4.57 Å². The molecular weight excluding hydrogens is 301 g/mol. The van der Waals surface area contributed by atoms with Gasteiger partial charge in [-0.05, 0) is 12.8 Å². The second-order valence-electron chi connectivity index (χ2n) is 5.11. The summed E-state index contributed by atoms with van der Waals surface area (Å²) >= 11 is 0. The molecule has 0 spiro atoms. The van der Waals surface area contributed by atoms with Crippen molar-refractivity contribution in [2.45, 2.75) is 18.9 Å². The minimum atomic E-state index is -1.57. The molecule has 0 atom stereocenters. The SMILES string of the molecule is CNc1c(F)c(F)c2c(=O)c(C(=O)O)cn(C3CC3)c2c1F. The molecule has 0 radical (unpaired) electrons. The zero-order valence-corrected chi connectivity index (χ0v) is 11.4. The number of fused-ring (bicyclic) bond motifs is 1. The third-order valence-corrected chi connectivity index (χ3v) is 3.71. The van der Waals surface area contributed by atoms with Gasteiger partial charge in [0, 0.05) is 19.3 Å². The summed E-state index contributed by atoms with van der Waals surface area (Å²) in [5.41, 5.74) is -3.06. The molecule has 0 saturated heterocycles. The van der Waals surface area contributed by atoms with E-state index in [1.54, 1.807) is 0 Å². The van der Waals surface area contributed by atoms with Crippen LogP contribution in [0.3, 0.4) is 0 Å². The van der Waals surface area contributed by atoms with Gasteiger partial charge in [0.1, 0.15) is 11.3 Å². The number of nitrogens with one attached hydrogen (secondary N) is 1. The first-order chi connectivity index (χ1) is 10.4. The molecule has 2 N–H and O–H groups in total. The highest BCUT2D eigenvalue weighted by molar-refractivity contribution is 5.94. The number of aromatic carboxylic acids is 1. The Labute approximate surface area is 122 Å². The number of carboxylic acids is 1. The quantitative estimate of drug-likeness (QED) is 0.854. The Morgan fingerprint density at radius 2 is 1.91 bits per heavy atom. The Balaban J connectivity index is 2.57. The summed E-state index contributed by atoms with van der Waals surface area (Å²) < 4.78 is 43.8. The van der Waals surface area contributed by atoms with Crippen LogP contribution in [0.15, 0.2) is 11.0 Å². The Morgan fingerprint density at radius 1 is 1.27 bits per heavy atom. The fraction of sp³-hybridized carbons (Fsp3) is 0.286. The summed E-state index contributed by atoms with van der Waals surface area (Å²) in [6.07, 6.45) is 2.28. The monoisotopic (exact) mass is 312 g/mol. The topological polar surface area (TPSA) is 71.3 Å². The fourth-order valence-corrected chi connectivity index (χ4v) is 2.51. The smallest absolute Gasteiger partial charge is 0.341 e. The number of hydrogen-bond acceptors (Lipinski definition) is 3. The number of pyridine rings is 1. The van der Waals surface area contributed by atoms with Gasteiger partial charge in [0.25, 0.3) is 0 Å². The van der Waals surface area contributed by atoms with Gasteiger partial charge in [-0.15, -0.1) is 0 Å². The molecule has 116 valence electrons. The third kappa shape index (κ3) is 1.87. The summed E-state index contributed by atoms with van der Waals surface area (Å²) in [5, 5.41) is 10.4. The number of carbonyl (C=O) groups is 1. The molecule has 0 amide bonds. The van der Waals surface area contributed by atoms with Gasteiger partial charge in [-0.1, -0.05) is 0 Å². The molecule has 1 heterocycles. The molecule has 3 rings (SSSR count). The summed E-state index contributed by atoms with van der Waals surface area (Å²) in [4.78, 5) is 23.2. The Bertz CT molecular complexity index is 872. The molecule has 1 aliphatic rings. The first-order valence-electron chi connectivity index (χ1n) is 6.54. The van der Waals surface area contributed by atoms with E-state index in [0.29, 0.717) is 12.8 Å². The molecule has 1 fully saturated rings.